The fraction of sp³-hybridized carbons (Fsp3) is 0.556. The van der Waals surface area contributed by atoms with Crippen molar-refractivity contribution in [3.05, 3.63) is 66.0 Å². The summed E-state index contributed by atoms with van der Waals surface area (Å²) in [5.41, 5.74) is 2.18. The summed E-state index contributed by atoms with van der Waals surface area (Å²) in [7, 11) is 0. The minimum absolute atomic E-state index is 0.401. The molecule has 2 aliphatic rings. The smallest absolute Gasteiger partial charge is 0.242 e. The maximum Gasteiger partial charge on any atom is 0.242 e. The first kappa shape index (κ1) is 25.5. The number of benzene rings is 1. The van der Waals surface area contributed by atoms with Gasteiger partial charge in [0.2, 0.25) is 5.85 Å². The second-order valence-corrected chi connectivity index (χ2v) is 9.56. The Bertz CT molecular complexity index is 813. The average Bonchev–Trinajstić information content (AvgIpc) is 2.79. The van der Waals surface area contributed by atoms with Gasteiger partial charge in [-0.2, -0.15) is 4.39 Å². The molecule has 2 saturated heterocycles. The molecular formula is C27H40FN3O2. The summed E-state index contributed by atoms with van der Waals surface area (Å²) in [5, 5.41) is 10.3. The summed E-state index contributed by atoms with van der Waals surface area (Å²) in [6, 6.07) is 8.42. The van der Waals surface area contributed by atoms with Crippen molar-refractivity contribution in [2.24, 2.45) is 0 Å². The molecule has 0 atom stereocenters. The number of aliphatic hydroxyl groups is 1. The molecule has 0 unspecified atom stereocenters. The predicted octanol–water partition coefficient (Wildman–Crippen LogP) is 4.93. The number of allylic oxidation sites excluding steroid dienone is 4. The molecule has 0 saturated carbocycles. The standard InChI is InChI=1S/C27H40FN3O2/c1-5-22(6-2)19-25(32)21-30-15-17-31(18-16-30)24-11-13-29(14-12-24)20-23-7-9-26(10-8-23)33-27(3,4)28/h5-10,19,24,32H,1,11-18,20-21H2,2-4H3/b22-6-,25-19+. The van der Waals surface area contributed by atoms with Crippen LogP contribution in [-0.2, 0) is 6.54 Å². The van der Waals surface area contributed by atoms with Crippen LogP contribution in [0.2, 0.25) is 0 Å². The van der Waals surface area contributed by atoms with Gasteiger partial charge >= 0.3 is 0 Å². The molecule has 5 nitrogen and oxygen atoms in total. The molecule has 0 radical (unpaired) electrons. The molecule has 0 aromatic heterocycles. The van der Waals surface area contributed by atoms with E-state index >= 15 is 0 Å². The summed E-state index contributed by atoms with van der Waals surface area (Å²) in [6.07, 6.45) is 7.89. The topological polar surface area (TPSA) is 39.2 Å². The van der Waals surface area contributed by atoms with Crippen molar-refractivity contribution in [2.45, 2.75) is 52.1 Å². The molecule has 1 N–H and O–H groups in total. The number of halogens is 1. The molecule has 2 aliphatic heterocycles. The van der Waals surface area contributed by atoms with Crippen molar-refractivity contribution in [3.63, 3.8) is 0 Å². The number of rotatable bonds is 9. The van der Waals surface area contributed by atoms with E-state index in [0.29, 0.717) is 24.1 Å². The van der Waals surface area contributed by atoms with E-state index in [9.17, 15) is 9.50 Å². The Kier molecular flexibility index (Phi) is 9.12. The number of hydrogen-bond acceptors (Lipinski definition) is 5. The van der Waals surface area contributed by atoms with Gasteiger partial charge in [-0.3, -0.25) is 14.7 Å². The van der Waals surface area contributed by atoms with Gasteiger partial charge in [-0.25, -0.2) is 0 Å². The van der Waals surface area contributed by atoms with E-state index in [0.717, 1.165) is 51.4 Å². The summed E-state index contributed by atoms with van der Waals surface area (Å²) >= 11 is 0. The maximum absolute atomic E-state index is 13.6. The first-order valence-corrected chi connectivity index (χ1v) is 12.1. The second-order valence-electron chi connectivity index (χ2n) is 9.56. The number of ether oxygens (including phenoxy) is 1. The third-order valence-electron chi connectivity index (χ3n) is 6.46. The lowest BCUT2D eigenvalue weighted by Gasteiger charge is -2.42. The highest BCUT2D eigenvalue weighted by Crippen LogP contribution is 2.23. The molecule has 1 aromatic rings. The lowest BCUT2D eigenvalue weighted by molar-refractivity contribution is -0.0257. The quantitative estimate of drug-likeness (QED) is 0.421. The zero-order valence-corrected chi connectivity index (χ0v) is 20.5. The SMILES string of the molecule is C=CC(=C/C)/C=C(/O)CN1CCN(C2CCN(Cc3ccc(OC(C)(C)F)cc3)CC2)CC1. The van der Waals surface area contributed by atoms with Gasteiger partial charge in [0, 0.05) is 52.6 Å². The van der Waals surface area contributed by atoms with Gasteiger partial charge in [0.15, 0.2) is 0 Å². The van der Waals surface area contributed by atoms with Crippen LogP contribution in [0, 0.1) is 0 Å². The fourth-order valence-corrected chi connectivity index (χ4v) is 4.66. The van der Waals surface area contributed by atoms with Crippen LogP contribution in [-0.4, -0.2) is 77.5 Å². The van der Waals surface area contributed by atoms with E-state index < -0.39 is 5.85 Å². The fourth-order valence-electron chi connectivity index (χ4n) is 4.66. The minimum Gasteiger partial charge on any atom is -0.511 e. The second kappa shape index (κ2) is 11.8. The number of nitrogens with zero attached hydrogens (tertiary/aromatic N) is 3. The molecule has 0 bridgehead atoms. The van der Waals surface area contributed by atoms with Crippen LogP contribution in [0.4, 0.5) is 4.39 Å². The third kappa shape index (κ3) is 8.29. The van der Waals surface area contributed by atoms with Crippen molar-refractivity contribution in [1.82, 2.24) is 14.7 Å². The maximum atomic E-state index is 13.6. The van der Waals surface area contributed by atoms with Gasteiger partial charge in [-0.15, -0.1) is 0 Å². The van der Waals surface area contributed by atoms with Crippen molar-refractivity contribution < 1.29 is 14.2 Å². The van der Waals surface area contributed by atoms with Crippen LogP contribution in [0.1, 0.15) is 39.2 Å². The minimum atomic E-state index is -1.66. The zero-order valence-electron chi connectivity index (χ0n) is 20.5. The molecule has 2 heterocycles. The number of alkyl halides is 1. The largest absolute Gasteiger partial charge is 0.511 e. The van der Waals surface area contributed by atoms with Gasteiger partial charge < -0.3 is 9.84 Å². The van der Waals surface area contributed by atoms with Gasteiger partial charge in [0.1, 0.15) is 11.5 Å². The molecule has 2 fully saturated rings. The van der Waals surface area contributed by atoms with Gasteiger partial charge in [-0.1, -0.05) is 30.9 Å². The zero-order chi connectivity index (χ0) is 23.8. The Balaban J connectivity index is 1.39. The summed E-state index contributed by atoms with van der Waals surface area (Å²) in [6.45, 7) is 16.3. The summed E-state index contributed by atoms with van der Waals surface area (Å²) in [4.78, 5) is 7.45. The highest BCUT2D eigenvalue weighted by Gasteiger charge is 2.27. The van der Waals surface area contributed by atoms with E-state index in [1.165, 1.54) is 32.3 Å². The third-order valence-corrected chi connectivity index (χ3v) is 6.46. The van der Waals surface area contributed by atoms with Crippen molar-refractivity contribution in [2.75, 3.05) is 45.8 Å². The Labute approximate surface area is 198 Å². The molecule has 3 rings (SSSR count). The number of likely N-dealkylation sites (tertiary alicyclic amines) is 1. The number of piperidine rings is 1. The van der Waals surface area contributed by atoms with Crippen LogP contribution < -0.4 is 4.74 Å². The Hall–Kier alpha value is -2.15. The van der Waals surface area contributed by atoms with Gasteiger partial charge in [0.25, 0.3) is 0 Å². The monoisotopic (exact) mass is 457 g/mol. The first-order valence-electron chi connectivity index (χ1n) is 12.1. The van der Waals surface area contributed by atoms with Crippen molar-refractivity contribution in [3.8, 4) is 5.75 Å². The van der Waals surface area contributed by atoms with E-state index in [-0.39, 0.29) is 0 Å². The van der Waals surface area contributed by atoms with Gasteiger partial charge in [0.05, 0.1) is 6.54 Å². The van der Waals surface area contributed by atoms with Crippen LogP contribution >= 0.6 is 0 Å². The van der Waals surface area contributed by atoms with E-state index in [2.05, 4.69) is 21.3 Å². The van der Waals surface area contributed by atoms with E-state index in [1.54, 1.807) is 12.2 Å². The Morgan fingerprint density at radius 2 is 1.73 bits per heavy atom. The molecule has 6 heteroatoms. The van der Waals surface area contributed by atoms with E-state index in [1.807, 2.05) is 37.3 Å². The predicted molar refractivity (Wildman–Crippen MR) is 133 cm³/mol. The number of hydrogen-bond donors (Lipinski definition) is 1. The van der Waals surface area contributed by atoms with Crippen LogP contribution in [0.3, 0.4) is 0 Å². The van der Waals surface area contributed by atoms with E-state index in [4.69, 9.17) is 4.74 Å². The Morgan fingerprint density at radius 1 is 1.09 bits per heavy atom. The highest BCUT2D eigenvalue weighted by atomic mass is 19.2. The Morgan fingerprint density at radius 3 is 2.27 bits per heavy atom. The lowest BCUT2D eigenvalue weighted by Crippen LogP contribution is -2.53. The number of piperazine rings is 1. The summed E-state index contributed by atoms with van der Waals surface area (Å²) < 4.78 is 18.9. The lowest BCUT2D eigenvalue weighted by atomic mass is 10.0. The van der Waals surface area contributed by atoms with Crippen LogP contribution in [0.5, 0.6) is 5.75 Å². The van der Waals surface area contributed by atoms with Gasteiger partial charge in [-0.05, 0) is 62.2 Å². The molecule has 33 heavy (non-hydrogen) atoms. The highest BCUT2D eigenvalue weighted by molar-refractivity contribution is 5.30. The molecule has 182 valence electrons. The molecule has 0 aliphatic carbocycles. The summed E-state index contributed by atoms with van der Waals surface area (Å²) in [5.74, 6) is -0.693. The normalized spacial score (nSPS) is 20.7. The average molecular weight is 458 g/mol. The van der Waals surface area contributed by atoms with Crippen LogP contribution in [0.15, 0.2) is 60.4 Å². The molecule has 0 spiro atoms. The molecule has 0 amide bonds. The molecule has 1 aromatic carbocycles. The van der Waals surface area contributed by atoms with Crippen molar-refractivity contribution >= 4 is 0 Å². The molecular weight excluding hydrogens is 417 g/mol. The van der Waals surface area contributed by atoms with Crippen molar-refractivity contribution in [1.29, 1.82) is 0 Å². The number of aliphatic hydroxyl groups excluding tert-OH is 1. The first-order chi connectivity index (χ1) is 15.8. The van der Waals surface area contributed by atoms with Crippen LogP contribution in [0.25, 0.3) is 0 Å².